The summed E-state index contributed by atoms with van der Waals surface area (Å²) in [5, 5.41) is 41.7. The summed E-state index contributed by atoms with van der Waals surface area (Å²) in [6.45, 7) is 4.15. The number of hydrogen-bond donors (Lipinski definition) is 4. The number of carbonyl (C=O) groups excluding carboxylic acids is 1. The minimum Gasteiger partial charge on any atom is -0.509 e. The zero-order valence-corrected chi connectivity index (χ0v) is 26.9. The highest BCUT2D eigenvalue weighted by molar-refractivity contribution is 5.74. The first kappa shape index (κ1) is 36.9. The molecule has 0 aliphatic carbocycles. The molecule has 2 rings (SSSR count). The van der Waals surface area contributed by atoms with Crippen molar-refractivity contribution in [3.8, 4) is 0 Å². The van der Waals surface area contributed by atoms with E-state index in [1.807, 2.05) is 6.92 Å². The van der Waals surface area contributed by atoms with E-state index >= 15 is 0 Å². The zero-order chi connectivity index (χ0) is 30.6. The van der Waals surface area contributed by atoms with Crippen molar-refractivity contribution in [1.29, 1.82) is 0 Å². The SMILES string of the molecule is CCCCCCCCCCCCC/C(O)=C1/CC[C@@H]([C@H](O)CC[C@H](O)CCCCCC[C@@H](O)C[C@@H]2C[C@H](C)OC2=O)O1. The maximum absolute atomic E-state index is 11.7. The lowest BCUT2D eigenvalue weighted by Crippen LogP contribution is -2.26. The molecule has 2 fully saturated rings. The number of hydrogen-bond acceptors (Lipinski definition) is 7. The van der Waals surface area contributed by atoms with Gasteiger partial charge in [-0.1, -0.05) is 96.8 Å². The third-order valence-electron chi connectivity index (χ3n) is 9.16. The van der Waals surface area contributed by atoms with Crippen LogP contribution < -0.4 is 0 Å². The average Bonchev–Trinajstić information content (AvgIpc) is 3.58. The highest BCUT2D eigenvalue weighted by Crippen LogP contribution is 2.31. The summed E-state index contributed by atoms with van der Waals surface area (Å²) >= 11 is 0. The van der Waals surface area contributed by atoms with Crippen LogP contribution in [0.2, 0.25) is 0 Å². The molecule has 0 aromatic carbocycles. The third-order valence-corrected chi connectivity index (χ3v) is 9.16. The van der Waals surface area contributed by atoms with Crippen LogP contribution in [0.5, 0.6) is 0 Å². The van der Waals surface area contributed by atoms with Crippen molar-refractivity contribution >= 4 is 5.97 Å². The van der Waals surface area contributed by atoms with Crippen molar-refractivity contribution in [3.05, 3.63) is 11.5 Å². The smallest absolute Gasteiger partial charge is 0.309 e. The molecular weight excluding hydrogens is 532 g/mol. The van der Waals surface area contributed by atoms with Gasteiger partial charge < -0.3 is 29.9 Å². The first-order chi connectivity index (χ1) is 20.3. The summed E-state index contributed by atoms with van der Waals surface area (Å²) in [5.74, 6) is 0.658. The number of unbranched alkanes of at least 4 members (excludes halogenated alkanes) is 13. The lowest BCUT2D eigenvalue weighted by molar-refractivity contribution is -0.144. The molecule has 0 spiro atoms. The van der Waals surface area contributed by atoms with Gasteiger partial charge in [-0.2, -0.15) is 0 Å². The van der Waals surface area contributed by atoms with Crippen LogP contribution in [-0.4, -0.2) is 56.9 Å². The number of esters is 1. The van der Waals surface area contributed by atoms with Crippen LogP contribution in [-0.2, 0) is 14.3 Å². The number of aliphatic hydroxyl groups excluding tert-OH is 4. The molecule has 2 aliphatic rings. The highest BCUT2D eigenvalue weighted by atomic mass is 16.5. The number of rotatable bonds is 25. The molecule has 4 N–H and O–H groups in total. The third kappa shape index (κ3) is 16.0. The van der Waals surface area contributed by atoms with Gasteiger partial charge in [0, 0.05) is 12.8 Å². The van der Waals surface area contributed by atoms with Gasteiger partial charge in [-0.05, 0) is 58.3 Å². The van der Waals surface area contributed by atoms with Gasteiger partial charge in [-0.25, -0.2) is 0 Å². The van der Waals surface area contributed by atoms with Crippen LogP contribution >= 0.6 is 0 Å². The predicted octanol–water partition coefficient (Wildman–Crippen LogP) is 8.18. The second-order valence-electron chi connectivity index (χ2n) is 13.2. The van der Waals surface area contributed by atoms with Gasteiger partial charge in [0.2, 0.25) is 0 Å². The molecule has 2 heterocycles. The molecule has 246 valence electrons. The molecule has 6 atom stereocenters. The summed E-state index contributed by atoms with van der Waals surface area (Å²) in [7, 11) is 0. The molecule has 7 nitrogen and oxygen atoms in total. The van der Waals surface area contributed by atoms with Gasteiger partial charge in [0.25, 0.3) is 0 Å². The van der Waals surface area contributed by atoms with E-state index in [0.717, 1.165) is 38.5 Å². The second kappa shape index (κ2) is 22.2. The second-order valence-corrected chi connectivity index (χ2v) is 13.2. The Bertz CT molecular complexity index is 739. The molecular formula is C35H64O7. The zero-order valence-electron chi connectivity index (χ0n) is 26.9. The minimum atomic E-state index is -0.631. The van der Waals surface area contributed by atoms with Crippen LogP contribution in [0.4, 0.5) is 0 Å². The molecule has 7 heteroatoms. The molecule has 0 aromatic rings. The normalized spacial score (nSPS) is 23.9. The molecule has 0 saturated carbocycles. The Morgan fingerprint density at radius 1 is 0.762 bits per heavy atom. The highest BCUT2D eigenvalue weighted by Gasteiger charge is 2.33. The van der Waals surface area contributed by atoms with E-state index in [0.29, 0.717) is 69.3 Å². The molecule has 0 aromatic heterocycles. The van der Waals surface area contributed by atoms with Gasteiger partial charge >= 0.3 is 5.97 Å². The van der Waals surface area contributed by atoms with Crippen molar-refractivity contribution in [3.63, 3.8) is 0 Å². The van der Waals surface area contributed by atoms with E-state index < -0.39 is 18.3 Å². The van der Waals surface area contributed by atoms with E-state index in [2.05, 4.69) is 6.92 Å². The fourth-order valence-corrected chi connectivity index (χ4v) is 6.44. The summed E-state index contributed by atoms with van der Waals surface area (Å²) in [5.41, 5.74) is 0. The van der Waals surface area contributed by atoms with E-state index in [1.165, 1.54) is 57.8 Å². The van der Waals surface area contributed by atoms with Crippen LogP contribution in [0.1, 0.15) is 168 Å². The number of carbonyl (C=O) groups is 1. The fourth-order valence-electron chi connectivity index (χ4n) is 6.44. The summed E-state index contributed by atoms with van der Waals surface area (Å²) < 4.78 is 11.1. The molecule has 0 radical (unpaired) electrons. The molecule has 0 amide bonds. The minimum absolute atomic E-state index is 0.0374. The first-order valence-corrected chi connectivity index (χ1v) is 17.6. The Balaban J connectivity index is 1.45. The number of aliphatic hydroxyl groups is 4. The Kier molecular flexibility index (Phi) is 19.5. The Morgan fingerprint density at radius 2 is 1.33 bits per heavy atom. The van der Waals surface area contributed by atoms with Crippen molar-refractivity contribution in [1.82, 2.24) is 0 Å². The van der Waals surface area contributed by atoms with Crippen LogP contribution in [0.25, 0.3) is 0 Å². The standard InChI is InChI=1S/C35H64O7/c1-3-4-5-6-7-8-9-10-11-12-17-20-31(38)33-23-24-34(42-33)32(39)22-21-29(36)18-15-13-14-16-19-30(37)26-28-25-27(2)41-35(28)40/h27-30,32,34,36-39H,3-26H2,1-2H3/b33-31+/t27-,28-,29+,30+,32+,34-/m0/s1. The van der Waals surface area contributed by atoms with Gasteiger partial charge in [-0.15, -0.1) is 0 Å². The van der Waals surface area contributed by atoms with Crippen LogP contribution in [0.15, 0.2) is 11.5 Å². The van der Waals surface area contributed by atoms with Crippen LogP contribution in [0, 0.1) is 5.92 Å². The molecule has 0 bridgehead atoms. The van der Waals surface area contributed by atoms with Crippen LogP contribution in [0.3, 0.4) is 0 Å². The Labute approximate surface area is 256 Å². The molecule has 2 saturated heterocycles. The maximum Gasteiger partial charge on any atom is 0.309 e. The van der Waals surface area contributed by atoms with Gasteiger partial charge in [0.15, 0.2) is 0 Å². The summed E-state index contributed by atoms with van der Waals surface area (Å²) in [4.78, 5) is 11.7. The van der Waals surface area contributed by atoms with Crippen molar-refractivity contribution in [2.24, 2.45) is 5.92 Å². The largest absolute Gasteiger partial charge is 0.509 e. The van der Waals surface area contributed by atoms with Gasteiger partial charge in [-0.3, -0.25) is 4.79 Å². The van der Waals surface area contributed by atoms with Gasteiger partial charge in [0.05, 0.1) is 30.3 Å². The quantitative estimate of drug-likeness (QED) is 0.0477. The summed E-state index contributed by atoms with van der Waals surface area (Å²) in [6, 6.07) is 0. The van der Waals surface area contributed by atoms with E-state index in [9.17, 15) is 25.2 Å². The monoisotopic (exact) mass is 596 g/mol. The van der Waals surface area contributed by atoms with Crippen molar-refractivity contribution < 1.29 is 34.7 Å². The van der Waals surface area contributed by atoms with E-state index in [-0.39, 0.29) is 24.1 Å². The van der Waals surface area contributed by atoms with Crippen molar-refractivity contribution in [2.75, 3.05) is 0 Å². The molecule has 0 unspecified atom stereocenters. The first-order valence-electron chi connectivity index (χ1n) is 17.6. The van der Waals surface area contributed by atoms with Gasteiger partial charge in [0.1, 0.15) is 17.6 Å². The predicted molar refractivity (Wildman–Crippen MR) is 168 cm³/mol. The topological polar surface area (TPSA) is 116 Å². The number of allylic oxidation sites excluding steroid dienone is 2. The van der Waals surface area contributed by atoms with Crippen molar-refractivity contribution in [2.45, 2.75) is 198 Å². The van der Waals surface area contributed by atoms with E-state index in [4.69, 9.17) is 9.47 Å². The Morgan fingerprint density at radius 3 is 1.93 bits per heavy atom. The molecule has 2 aliphatic heterocycles. The average molecular weight is 597 g/mol. The number of ether oxygens (including phenoxy) is 2. The Hall–Kier alpha value is -1.31. The maximum atomic E-state index is 11.7. The lowest BCUT2D eigenvalue weighted by atomic mass is 9.95. The fraction of sp³-hybridized carbons (Fsp3) is 0.914. The summed E-state index contributed by atoms with van der Waals surface area (Å²) in [6.07, 6.45) is 21.7. The lowest BCUT2D eigenvalue weighted by Gasteiger charge is -2.20. The molecule has 42 heavy (non-hydrogen) atoms. The van der Waals surface area contributed by atoms with E-state index in [1.54, 1.807) is 0 Å². The number of cyclic esters (lactones) is 1.